The van der Waals surface area contributed by atoms with Gasteiger partial charge in [-0.05, 0) is 19.1 Å². The molecule has 1 aliphatic heterocycles. The van der Waals surface area contributed by atoms with Crippen molar-refractivity contribution >= 4 is 21.9 Å². The van der Waals surface area contributed by atoms with Crippen molar-refractivity contribution in [3.63, 3.8) is 0 Å². The SMILES string of the molecule is CO[C@]1(C(=O)O)C[C@H](NS(=O)(=O)c2ccc(C)cc2)[C@@H](NC(C)=O)[C@H]([C@H](O)[C@H](O)CO)O1. The molecule has 1 aromatic carbocycles. The quantitative estimate of drug-likeness (QED) is 0.234. The summed E-state index contributed by atoms with van der Waals surface area (Å²) in [4.78, 5) is 23.7. The number of aliphatic hydroxyl groups is 3. The number of carboxylic acids is 1. The lowest BCUT2D eigenvalue weighted by atomic mass is 9.87. The van der Waals surface area contributed by atoms with Crippen LogP contribution in [0.1, 0.15) is 18.9 Å². The third-order valence-electron chi connectivity index (χ3n) is 5.18. The number of aryl methyl sites for hydroxylation is 1. The zero-order valence-electron chi connectivity index (χ0n) is 17.8. The van der Waals surface area contributed by atoms with E-state index in [-0.39, 0.29) is 4.90 Å². The average Bonchev–Trinajstić information content (AvgIpc) is 2.73. The molecule has 1 aromatic rings. The fourth-order valence-corrected chi connectivity index (χ4v) is 4.73. The highest BCUT2D eigenvalue weighted by atomic mass is 32.2. The Bertz CT molecular complexity index is 923. The zero-order chi connectivity index (χ0) is 24.3. The first-order chi connectivity index (χ1) is 14.9. The normalized spacial score (nSPS) is 28.0. The van der Waals surface area contributed by atoms with Gasteiger partial charge in [0.25, 0.3) is 5.79 Å². The number of rotatable bonds is 9. The molecule has 1 amide bonds. The number of ether oxygens (including phenoxy) is 2. The van der Waals surface area contributed by atoms with Gasteiger partial charge in [0, 0.05) is 20.5 Å². The Morgan fingerprint density at radius 2 is 1.88 bits per heavy atom. The monoisotopic (exact) mass is 476 g/mol. The molecule has 13 heteroatoms. The number of aliphatic carboxylic acids is 1. The number of carbonyl (C=O) groups is 2. The van der Waals surface area contributed by atoms with Crippen LogP contribution in [0, 0.1) is 6.92 Å². The largest absolute Gasteiger partial charge is 0.477 e. The molecule has 0 radical (unpaired) electrons. The van der Waals surface area contributed by atoms with Gasteiger partial charge in [-0.3, -0.25) is 4.79 Å². The number of sulfonamides is 1. The van der Waals surface area contributed by atoms with Crippen LogP contribution in [0.2, 0.25) is 0 Å². The fourth-order valence-electron chi connectivity index (χ4n) is 3.47. The number of amides is 1. The summed E-state index contributed by atoms with van der Waals surface area (Å²) in [7, 11) is -3.19. The van der Waals surface area contributed by atoms with Gasteiger partial charge in [0.2, 0.25) is 15.9 Å². The van der Waals surface area contributed by atoms with Crippen LogP contribution in [0.5, 0.6) is 0 Å². The Kier molecular flexibility index (Phi) is 8.33. The van der Waals surface area contributed by atoms with Crippen molar-refractivity contribution in [1.29, 1.82) is 0 Å². The predicted octanol–water partition coefficient (Wildman–Crippen LogP) is -1.92. The van der Waals surface area contributed by atoms with Crippen LogP contribution in [0.25, 0.3) is 0 Å². The molecule has 1 saturated heterocycles. The lowest BCUT2D eigenvalue weighted by Crippen LogP contribution is -2.70. The molecule has 12 nitrogen and oxygen atoms in total. The fraction of sp³-hybridized carbons (Fsp3) is 0.579. The maximum Gasteiger partial charge on any atom is 0.364 e. The molecule has 0 aliphatic carbocycles. The van der Waals surface area contributed by atoms with Gasteiger partial charge in [0.05, 0.1) is 23.6 Å². The Morgan fingerprint density at radius 3 is 2.34 bits per heavy atom. The molecular weight excluding hydrogens is 448 g/mol. The molecule has 1 fully saturated rings. The van der Waals surface area contributed by atoms with E-state index in [4.69, 9.17) is 9.47 Å². The molecule has 1 heterocycles. The molecule has 0 saturated carbocycles. The minimum Gasteiger partial charge on any atom is -0.477 e. The predicted molar refractivity (Wildman–Crippen MR) is 109 cm³/mol. The molecule has 6 atom stereocenters. The van der Waals surface area contributed by atoms with Gasteiger partial charge in [-0.25, -0.2) is 17.9 Å². The molecule has 0 unspecified atom stereocenters. The average molecular weight is 477 g/mol. The van der Waals surface area contributed by atoms with Gasteiger partial charge in [-0.1, -0.05) is 17.7 Å². The highest BCUT2D eigenvalue weighted by molar-refractivity contribution is 7.89. The topological polar surface area (TPSA) is 192 Å². The highest BCUT2D eigenvalue weighted by Gasteiger charge is 2.56. The van der Waals surface area contributed by atoms with Crippen molar-refractivity contribution in [2.24, 2.45) is 0 Å². The summed E-state index contributed by atoms with van der Waals surface area (Å²) in [6.07, 6.45) is -5.89. The van der Waals surface area contributed by atoms with Crippen molar-refractivity contribution in [2.45, 2.75) is 61.3 Å². The minimum absolute atomic E-state index is 0.109. The first-order valence-corrected chi connectivity index (χ1v) is 11.1. The molecule has 6 N–H and O–H groups in total. The Morgan fingerprint density at radius 1 is 1.28 bits per heavy atom. The van der Waals surface area contributed by atoms with E-state index >= 15 is 0 Å². The second kappa shape index (κ2) is 10.2. The minimum atomic E-state index is -4.20. The molecule has 32 heavy (non-hydrogen) atoms. The maximum absolute atomic E-state index is 13.0. The highest BCUT2D eigenvalue weighted by Crippen LogP contribution is 2.33. The summed E-state index contributed by atoms with van der Waals surface area (Å²) < 4.78 is 38.8. The lowest BCUT2D eigenvalue weighted by Gasteiger charge is -2.47. The standard InChI is InChI=1S/C19H28N2O10S/c1-10-4-6-12(7-5-10)32(28,29)21-13-8-19(30-3,18(26)27)31-17(15(13)20-11(2)23)16(25)14(24)9-22/h4-7,13-17,21-22,24-25H,8-9H2,1-3H3,(H,20,23)(H,26,27)/t13-,14+,15+,16+,17+,19+/m0/s1. The molecule has 0 bridgehead atoms. The number of carboxylic acid groups (broad SMARTS) is 1. The smallest absolute Gasteiger partial charge is 0.364 e. The van der Waals surface area contributed by atoms with Crippen LogP contribution in [0.3, 0.4) is 0 Å². The Hall–Kier alpha value is -2.13. The van der Waals surface area contributed by atoms with E-state index in [9.17, 15) is 38.4 Å². The summed E-state index contributed by atoms with van der Waals surface area (Å²) >= 11 is 0. The van der Waals surface area contributed by atoms with E-state index in [1.165, 1.54) is 12.1 Å². The van der Waals surface area contributed by atoms with Crippen LogP contribution in [-0.2, 0) is 29.1 Å². The second-order valence-corrected chi connectivity index (χ2v) is 9.27. The molecule has 1 aliphatic rings. The lowest BCUT2D eigenvalue weighted by molar-refractivity contribution is -0.292. The van der Waals surface area contributed by atoms with Crippen molar-refractivity contribution in [1.82, 2.24) is 10.0 Å². The zero-order valence-corrected chi connectivity index (χ0v) is 18.6. The van der Waals surface area contributed by atoms with Gasteiger partial charge >= 0.3 is 5.97 Å². The molecule has 0 spiro atoms. The summed E-state index contributed by atoms with van der Waals surface area (Å²) in [6.45, 7) is 2.00. The third kappa shape index (κ3) is 5.61. The number of aliphatic hydroxyl groups excluding tert-OH is 3. The van der Waals surface area contributed by atoms with E-state index in [1.807, 2.05) is 0 Å². The summed E-state index contributed by atoms with van der Waals surface area (Å²) in [5, 5.41) is 41.8. The van der Waals surface area contributed by atoms with E-state index in [0.29, 0.717) is 0 Å². The van der Waals surface area contributed by atoms with Crippen molar-refractivity contribution in [3.05, 3.63) is 29.8 Å². The number of hydrogen-bond donors (Lipinski definition) is 6. The maximum atomic E-state index is 13.0. The molecular formula is C19H28N2O10S. The van der Waals surface area contributed by atoms with E-state index in [2.05, 4.69) is 10.0 Å². The summed E-state index contributed by atoms with van der Waals surface area (Å²) in [5.41, 5.74) is 0.816. The summed E-state index contributed by atoms with van der Waals surface area (Å²) in [6, 6.07) is 3.21. The van der Waals surface area contributed by atoms with Crippen LogP contribution in [-0.4, -0.2) is 90.6 Å². The van der Waals surface area contributed by atoms with Crippen LogP contribution in [0.4, 0.5) is 0 Å². The van der Waals surface area contributed by atoms with Crippen molar-refractivity contribution in [3.8, 4) is 0 Å². The van der Waals surface area contributed by atoms with Gasteiger partial charge < -0.3 is 35.2 Å². The number of benzene rings is 1. The van der Waals surface area contributed by atoms with Crippen molar-refractivity contribution < 1.29 is 47.9 Å². The van der Waals surface area contributed by atoms with Crippen LogP contribution in [0.15, 0.2) is 29.2 Å². The molecule has 0 aromatic heterocycles. The van der Waals surface area contributed by atoms with Crippen molar-refractivity contribution in [2.75, 3.05) is 13.7 Å². The first kappa shape index (κ1) is 26.1. The number of hydrogen-bond acceptors (Lipinski definition) is 9. The van der Waals surface area contributed by atoms with Gasteiger partial charge in [-0.2, -0.15) is 0 Å². The Labute approximate surface area is 185 Å². The molecule has 2 rings (SSSR count). The molecule has 180 valence electrons. The third-order valence-corrected chi connectivity index (χ3v) is 6.69. The van der Waals surface area contributed by atoms with Crippen LogP contribution >= 0.6 is 0 Å². The number of methoxy groups -OCH3 is 1. The van der Waals surface area contributed by atoms with E-state index in [0.717, 1.165) is 19.6 Å². The second-order valence-electron chi connectivity index (χ2n) is 7.56. The number of carbonyl (C=O) groups excluding carboxylic acids is 1. The van der Waals surface area contributed by atoms with Gasteiger partial charge in [-0.15, -0.1) is 0 Å². The summed E-state index contributed by atoms with van der Waals surface area (Å²) in [5.74, 6) is -4.65. The van der Waals surface area contributed by atoms with Crippen LogP contribution < -0.4 is 10.0 Å². The van der Waals surface area contributed by atoms with E-state index in [1.54, 1.807) is 19.1 Å². The van der Waals surface area contributed by atoms with Gasteiger partial charge in [0.1, 0.15) is 18.3 Å². The first-order valence-electron chi connectivity index (χ1n) is 9.66. The van der Waals surface area contributed by atoms with Gasteiger partial charge in [0.15, 0.2) is 0 Å². The number of nitrogens with one attached hydrogen (secondary N) is 2. The van der Waals surface area contributed by atoms with E-state index < -0.39 is 71.1 Å². The Balaban J connectivity index is 2.54.